The zero-order chi connectivity index (χ0) is 24.8. The summed E-state index contributed by atoms with van der Waals surface area (Å²) < 4.78 is 46.1. The Balaban J connectivity index is 1.43. The van der Waals surface area contributed by atoms with Crippen LogP contribution in [0.5, 0.6) is 5.75 Å². The summed E-state index contributed by atoms with van der Waals surface area (Å²) in [7, 11) is -2.24. The van der Waals surface area contributed by atoms with Crippen molar-refractivity contribution in [2.75, 3.05) is 31.5 Å². The summed E-state index contributed by atoms with van der Waals surface area (Å²) in [5.41, 5.74) is 1.68. The van der Waals surface area contributed by atoms with Crippen LogP contribution >= 0.6 is 0 Å². The Morgan fingerprint density at radius 3 is 2.37 bits per heavy atom. The first-order chi connectivity index (χ1) is 16.9. The minimum atomic E-state index is -3.87. The highest BCUT2D eigenvalue weighted by atomic mass is 32.2. The largest absolute Gasteiger partial charge is 0.497 e. The standard InChI is InChI=1S/C26H28FN3O4S/c1-34-23-6-4-5-20(17-23)25(30-15-2-3-16-30)18-28-26(31)19-7-13-24(14-8-19)35(32,33)29-22-11-9-21(27)10-12-22/h4-14,17,25,29H,2-3,15-16,18H2,1H3,(H,28,31)/t25-/m0/s1. The molecule has 1 saturated heterocycles. The molecule has 0 unspecified atom stereocenters. The molecule has 0 spiro atoms. The highest BCUT2D eigenvalue weighted by Gasteiger charge is 2.24. The summed E-state index contributed by atoms with van der Waals surface area (Å²) in [6, 6.07) is 18.6. The molecule has 35 heavy (non-hydrogen) atoms. The zero-order valence-corrected chi connectivity index (χ0v) is 20.2. The normalized spacial score (nSPS) is 14.9. The van der Waals surface area contributed by atoms with Crippen LogP contribution in [-0.4, -0.2) is 46.0 Å². The molecule has 1 atom stereocenters. The lowest BCUT2D eigenvalue weighted by Crippen LogP contribution is -2.36. The van der Waals surface area contributed by atoms with Crippen molar-refractivity contribution < 1.29 is 22.3 Å². The predicted molar refractivity (Wildman–Crippen MR) is 133 cm³/mol. The molecule has 0 aliphatic carbocycles. The van der Waals surface area contributed by atoms with Crippen LogP contribution in [0.4, 0.5) is 10.1 Å². The van der Waals surface area contributed by atoms with E-state index in [0.717, 1.165) is 37.2 Å². The lowest BCUT2D eigenvalue weighted by Gasteiger charge is -2.28. The van der Waals surface area contributed by atoms with E-state index in [-0.39, 0.29) is 22.5 Å². The van der Waals surface area contributed by atoms with Gasteiger partial charge in [0.2, 0.25) is 0 Å². The topological polar surface area (TPSA) is 87.7 Å². The number of benzene rings is 3. The first-order valence-corrected chi connectivity index (χ1v) is 12.9. The monoisotopic (exact) mass is 497 g/mol. The fourth-order valence-electron chi connectivity index (χ4n) is 4.17. The molecule has 1 aliphatic rings. The van der Waals surface area contributed by atoms with Crippen LogP contribution in [0.1, 0.15) is 34.8 Å². The van der Waals surface area contributed by atoms with Crippen molar-refractivity contribution in [1.29, 1.82) is 0 Å². The van der Waals surface area contributed by atoms with Crippen LogP contribution in [0.15, 0.2) is 77.7 Å². The van der Waals surface area contributed by atoms with Crippen molar-refractivity contribution in [3.8, 4) is 5.75 Å². The molecule has 7 nitrogen and oxygen atoms in total. The van der Waals surface area contributed by atoms with Gasteiger partial charge in [0.25, 0.3) is 15.9 Å². The maximum atomic E-state index is 13.1. The van der Waals surface area contributed by atoms with Crippen molar-refractivity contribution in [3.05, 3.63) is 89.7 Å². The van der Waals surface area contributed by atoms with Gasteiger partial charge < -0.3 is 10.1 Å². The van der Waals surface area contributed by atoms with Gasteiger partial charge in [-0.05, 0) is 92.2 Å². The van der Waals surface area contributed by atoms with Gasteiger partial charge in [-0.1, -0.05) is 12.1 Å². The number of rotatable bonds is 9. The number of ether oxygens (including phenoxy) is 1. The molecule has 1 aliphatic heterocycles. The number of nitrogens with one attached hydrogen (secondary N) is 2. The van der Waals surface area contributed by atoms with Crippen LogP contribution in [0.3, 0.4) is 0 Å². The van der Waals surface area contributed by atoms with Crippen molar-refractivity contribution >= 4 is 21.6 Å². The second-order valence-electron chi connectivity index (χ2n) is 8.38. The number of methoxy groups -OCH3 is 1. The Morgan fingerprint density at radius 1 is 1.03 bits per heavy atom. The zero-order valence-electron chi connectivity index (χ0n) is 19.4. The number of carbonyl (C=O) groups excluding carboxylic acids is 1. The lowest BCUT2D eigenvalue weighted by atomic mass is 10.0. The number of carbonyl (C=O) groups is 1. The average Bonchev–Trinajstić information content (AvgIpc) is 3.40. The van der Waals surface area contributed by atoms with Gasteiger partial charge in [0.05, 0.1) is 18.0 Å². The molecule has 3 aromatic rings. The Morgan fingerprint density at radius 2 is 1.71 bits per heavy atom. The van der Waals surface area contributed by atoms with E-state index in [9.17, 15) is 17.6 Å². The summed E-state index contributed by atoms with van der Waals surface area (Å²) in [5.74, 6) is 0.0262. The molecule has 184 valence electrons. The number of amides is 1. The van der Waals surface area contributed by atoms with Crippen LogP contribution in [-0.2, 0) is 10.0 Å². The minimum absolute atomic E-state index is 0.00435. The van der Waals surface area contributed by atoms with Crippen LogP contribution in [0, 0.1) is 5.82 Å². The molecule has 2 N–H and O–H groups in total. The van der Waals surface area contributed by atoms with E-state index in [1.165, 1.54) is 48.5 Å². The molecular formula is C26H28FN3O4S. The summed E-state index contributed by atoms with van der Waals surface area (Å²) >= 11 is 0. The minimum Gasteiger partial charge on any atom is -0.497 e. The fourth-order valence-corrected chi connectivity index (χ4v) is 5.23. The molecule has 0 radical (unpaired) electrons. The molecule has 4 rings (SSSR count). The first kappa shape index (κ1) is 24.7. The smallest absolute Gasteiger partial charge is 0.261 e. The van der Waals surface area contributed by atoms with Gasteiger partial charge in [0, 0.05) is 17.8 Å². The van der Waals surface area contributed by atoms with Gasteiger partial charge in [-0.3, -0.25) is 14.4 Å². The summed E-state index contributed by atoms with van der Waals surface area (Å²) in [5, 5.41) is 2.99. The molecule has 0 aromatic heterocycles. The second kappa shape index (κ2) is 10.9. The second-order valence-corrected chi connectivity index (χ2v) is 10.1. The van der Waals surface area contributed by atoms with Gasteiger partial charge in [-0.2, -0.15) is 0 Å². The maximum absolute atomic E-state index is 13.1. The van der Waals surface area contributed by atoms with Gasteiger partial charge in [-0.15, -0.1) is 0 Å². The Kier molecular flexibility index (Phi) is 7.67. The number of hydrogen-bond acceptors (Lipinski definition) is 5. The highest BCUT2D eigenvalue weighted by molar-refractivity contribution is 7.92. The number of halogens is 1. The molecule has 0 saturated carbocycles. The average molecular weight is 498 g/mol. The molecular weight excluding hydrogens is 469 g/mol. The highest BCUT2D eigenvalue weighted by Crippen LogP contribution is 2.27. The van der Waals surface area contributed by atoms with Gasteiger partial charge in [0.1, 0.15) is 11.6 Å². The van der Waals surface area contributed by atoms with E-state index >= 15 is 0 Å². The summed E-state index contributed by atoms with van der Waals surface area (Å²) in [6.07, 6.45) is 2.24. The van der Waals surface area contributed by atoms with E-state index < -0.39 is 15.8 Å². The van der Waals surface area contributed by atoms with Crippen molar-refractivity contribution in [2.45, 2.75) is 23.8 Å². The third kappa shape index (κ3) is 6.17. The lowest BCUT2D eigenvalue weighted by molar-refractivity contribution is 0.0938. The maximum Gasteiger partial charge on any atom is 0.261 e. The molecule has 0 bridgehead atoms. The van der Waals surface area contributed by atoms with Crippen LogP contribution < -0.4 is 14.8 Å². The van der Waals surface area contributed by atoms with Gasteiger partial charge in [0.15, 0.2) is 0 Å². The summed E-state index contributed by atoms with van der Waals surface area (Å²) in [4.78, 5) is 15.2. The number of hydrogen-bond donors (Lipinski definition) is 2. The van der Waals surface area contributed by atoms with Crippen LogP contribution in [0.2, 0.25) is 0 Å². The number of sulfonamides is 1. The third-order valence-electron chi connectivity index (χ3n) is 6.04. The van der Waals surface area contributed by atoms with E-state index in [0.29, 0.717) is 12.1 Å². The Hall–Kier alpha value is -3.43. The first-order valence-electron chi connectivity index (χ1n) is 11.4. The quantitative estimate of drug-likeness (QED) is 0.463. The molecule has 9 heteroatoms. The van der Waals surface area contributed by atoms with Gasteiger partial charge >= 0.3 is 0 Å². The summed E-state index contributed by atoms with van der Waals surface area (Å²) in [6.45, 7) is 2.34. The molecule has 1 fully saturated rings. The van der Waals surface area contributed by atoms with Gasteiger partial charge in [-0.25, -0.2) is 12.8 Å². The molecule has 3 aromatic carbocycles. The number of likely N-dealkylation sites (tertiary alicyclic amines) is 1. The van der Waals surface area contributed by atoms with Crippen molar-refractivity contribution in [3.63, 3.8) is 0 Å². The number of anilines is 1. The predicted octanol–water partition coefficient (Wildman–Crippen LogP) is 4.20. The van der Waals surface area contributed by atoms with E-state index in [1.807, 2.05) is 24.3 Å². The van der Waals surface area contributed by atoms with Crippen LogP contribution in [0.25, 0.3) is 0 Å². The number of nitrogens with zero attached hydrogens (tertiary/aromatic N) is 1. The van der Waals surface area contributed by atoms with E-state index in [4.69, 9.17) is 4.74 Å². The SMILES string of the molecule is COc1cccc([C@H](CNC(=O)c2ccc(S(=O)(=O)Nc3ccc(F)cc3)cc2)N2CCCC2)c1. The molecule has 1 heterocycles. The Labute approximate surface area is 205 Å². The van der Waals surface area contributed by atoms with Crippen molar-refractivity contribution in [2.24, 2.45) is 0 Å². The van der Waals surface area contributed by atoms with E-state index in [1.54, 1.807) is 7.11 Å². The fraction of sp³-hybridized carbons (Fsp3) is 0.269. The molecule has 1 amide bonds. The third-order valence-corrected chi connectivity index (χ3v) is 7.44. The van der Waals surface area contributed by atoms with Crippen molar-refractivity contribution in [1.82, 2.24) is 10.2 Å². The Bertz CT molecular complexity index is 1260. The van der Waals surface area contributed by atoms with E-state index in [2.05, 4.69) is 14.9 Å².